The van der Waals surface area contributed by atoms with Crippen molar-refractivity contribution >= 4 is 22.0 Å². The number of imidazole rings is 1. The van der Waals surface area contributed by atoms with E-state index in [-0.39, 0.29) is 20.1 Å². The third-order valence-corrected chi connectivity index (χ3v) is 9.82. The van der Waals surface area contributed by atoms with Gasteiger partial charge in [-0.1, -0.05) is 114 Å². The number of para-hydroxylation sites is 2. The van der Waals surface area contributed by atoms with Gasteiger partial charge in [-0.2, -0.15) is 0 Å². The van der Waals surface area contributed by atoms with E-state index >= 15 is 0 Å². The number of fused-ring (bicyclic) bond motifs is 2. The number of hydrogen-bond acceptors (Lipinski definition) is 4. The van der Waals surface area contributed by atoms with Gasteiger partial charge in [-0.3, -0.25) is 9.97 Å². The number of furan rings is 1. The quantitative estimate of drug-likeness (QED) is 0.156. The smallest absolute Gasteiger partial charge is 0.0774 e. The summed E-state index contributed by atoms with van der Waals surface area (Å²) in [4.78, 5) is 13.9. The molecule has 0 aliphatic carbocycles. The number of benzene rings is 6. The summed E-state index contributed by atoms with van der Waals surface area (Å²) in [6.07, 6.45) is 6.89. The molecule has 0 aliphatic heterocycles. The van der Waals surface area contributed by atoms with Crippen molar-refractivity contribution in [3.05, 3.63) is 206 Å². The SMILES string of the molecule is Cc1cc(-c2ccccc2)c(-n2c(-c3[c-]oc4ccc(-c5ccnc(C)c5)cc34)nc3ccccc32)c(-c2ccccc2)c1.[Ir].[c-]1ccccc1-c1ccccn1. The van der Waals surface area contributed by atoms with E-state index in [2.05, 4.69) is 143 Å². The van der Waals surface area contributed by atoms with Crippen molar-refractivity contribution in [2.75, 3.05) is 0 Å². The summed E-state index contributed by atoms with van der Waals surface area (Å²) in [6, 6.07) is 61.3. The Balaban J connectivity index is 0.000000300. The zero-order chi connectivity index (χ0) is 37.8. The molecule has 0 amide bonds. The number of pyridine rings is 2. The normalized spacial score (nSPS) is 10.8. The predicted molar refractivity (Wildman–Crippen MR) is 227 cm³/mol. The Kier molecular flexibility index (Phi) is 10.8. The van der Waals surface area contributed by atoms with E-state index in [1.165, 1.54) is 5.56 Å². The molecule has 6 aromatic carbocycles. The Hall–Kier alpha value is -6.72. The van der Waals surface area contributed by atoms with Crippen LogP contribution < -0.4 is 0 Å². The molecule has 277 valence electrons. The van der Waals surface area contributed by atoms with Crippen molar-refractivity contribution in [2.24, 2.45) is 0 Å². The van der Waals surface area contributed by atoms with Crippen molar-refractivity contribution in [1.29, 1.82) is 0 Å². The molecule has 0 bridgehead atoms. The second kappa shape index (κ2) is 16.6. The first kappa shape index (κ1) is 37.2. The van der Waals surface area contributed by atoms with E-state index in [0.717, 1.165) is 89.4 Å². The first-order valence-electron chi connectivity index (χ1n) is 18.6. The predicted octanol–water partition coefficient (Wildman–Crippen LogP) is 12.8. The Bertz CT molecular complexity index is 2820. The minimum atomic E-state index is 0. The zero-order valence-corrected chi connectivity index (χ0v) is 33.7. The fourth-order valence-electron chi connectivity index (χ4n) is 7.24. The van der Waals surface area contributed by atoms with Gasteiger partial charge >= 0.3 is 0 Å². The number of hydrogen-bond donors (Lipinski definition) is 0. The van der Waals surface area contributed by atoms with Gasteiger partial charge in [-0.05, 0) is 89.8 Å². The molecule has 10 aromatic rings. The minimum Gasteiger partial charge on any atom is -0.557 e. The van der Waals surface area contributed by atoms with Crippen LogP contribution in [0.2, 0.25) is 0 Å². The first-order valence-corrected chi connectivity index (χ1v) is 18.6. The van der Waals surface area contributed by atoms with Gasteiger partial charge in [0.1, 0.15) is 0 Å². The fourth-order valence-corrected chi connectivity index (χ4v) is 7.24. The van der Waals surface area contributed by atoms with Crippen molar-refractivity contribution < 1.29 is 24.5 Å². The molecule has 0 N–H and O–H groups in total. The van der Waals surface area contributed by atoms with Crippen LogP contribution in [0.1, 0.15) is 11.3 Å². The Morgan fingerprint density at radius 3 is 1.95 bits per heavy atom. The van der Waals surface area contributed by atoms with Gasteiger partial charge in [-0.25, -0.2) is 0 Å². The Labute approximate surface area is 345 Å². The van der Waals surface area contributed by atoms with Crippen LogP contribution in [0.15, 0.2) is 187 Å². The molecular formula is C51H36IrN4O-2. The molecule has 0 saturated heterocycles. The van der Waals surface area contributed by atoms with Crippen LogP contribution in [0, 0.1) is 26.2 Å². The molecule has 0 fully saturated rings. The fraction of sp³-hybridized carbons (Fsp3) is 0.0392. The molecule has 4 heterocycles. The van der Waals surface area contributed by atoms with Crippen molar-refractivity contribution in [3.8, 4) is 61.7 Å². The maximum absolute atomic E-state index is 6.06. The molecule has 0 atom stereocenters. The number of nitrogens with zero attached hydrogens (tertiary/aromatic N) is 4. The molecule has 5 nitrogen and oxygen atoms in total. The van der Waals surface area contributed by atoms with E-state index in [4.69, 9.17) is 9.40 Å². The van der Waals surface area contributed by atoms with Crippen LogP contribution in [0.25, 0.3) is 83.7 Å². The molecule has 57 heavy (non-hydrogen) atoms. The Morgan fingerprint density at radius 2 is 1.26 bits per heavy atom. The Morgan fingerprint density at radius 1 is 0.579 bits per heavy atom. The largest absolute Gasteiger partial charge is 0.557 e. The summed E-state index contributed by atoms with van der Waals surface area (Å²) in [7, 11) is 0. The zero-order valence-electron chi connectivity index (χ0n) is 31.4. The van der Waals surface area contributed by atoms with Crippen LogP contribution in [-0.4, -0.2) is 19.5 Å². The molecule has 6 heteroatoms. The van der Waals surface area contributed by atoms with Crippen LogP contribution in [0.4, 0.5) is 0 Å². The third-order valence-electron chi connectivity index (χ3n) is 9.82. The van der Waals surface area contributed by atoms with Gasteiger partial charge in [0.15, 0.2) is 0 Å². The first-order chi connectivity index (χ1) is 27.6. The van der Waals surface area contributed by atoms with E-state index in [0.29, 0.717) is 0 Å². The summed E-state index contributed by atoms with van der Waals surface area (Å²) in [5.74, 6) is 0.784. The van der Waals surface area contributed by atoms with Gasteiger partial charge in [0, 0.05) is 61.2 Å². The van der Waals surface area contributed by atoms with Crippen LogP contribution in [0.3, 0.4) is 0 Å². The molecule has 0 unspecified atom stereocenters. The van der Waals surface area contributed by atoms with Crippen LogP contribution in [0.5, 0.6) is 0 Å². The second-order valence-electron chi connectivity index (χ2n) is 13.7. The molecular weight excluding hydrogens is 877 g/mol. The van der Waals surface area contributed by atoms with E-state index in [1.807, 2.05) is 73.8 Å². The second-order valence-corrected chi connectivity index (χ2v) is 13.7. The number of aryl methyl sites for hydroxylation is 2. The van der Waals surface area contributed by atoms with Crippen LogP contribution >= 0.6 is 0 Å². The summed E-state index contributed by atoms with van der Waals surface area (Å²) >= 11 is 0. The van der Waals surface area contributed by atoms with E-state index in [1.54, 1.807) is 6.20 Å². The van der Waals surface area contributed by atoms with Gasteiger partial charge in [0.25, 0.3) is 0 Å². The molecule has 1 radical (unpaired) electrons. The number of rotatable bonds is 6. The monoisotopic (exact) mass is 913 g/mol. The standard InChI is InChI=1S/C40H28N3O.C11H8N.Ir/c1-26-21-32(28-11-5-3-6-12-28)39(33(22-26)29-13-7-4-8-14-29)43-37-16-10-9-15-36(37)42-40(43)35-25-44-38-18-17-30(24-34(35)38)31-19-20-41-27(2)23-31;1-2-6-10(7-3-1)11-8-4-5-9-12-11;/h3-24H,1-2H3;1-6,8-9H;/q2*-1;. The summed E-state index contributed by atoms with van der Waals surface area (Å²) in [5, 5.41) is 0.961. The van der Waals surface area contributed by atoms with Gasteiger partial charge in [0.05, 0.1) is 22.5 Å². The van der Waals surface area contributed by atoms with Gasteiger partial charge < -0.3 is 14.0 Å². The maximum Gasteiger partial charge on any atom is 0.0774 e. The molecule has 0 saturated carbocycles. The van der Waals surface area contributed by atoms with Gasteiger partial charge in [0.2, 0.25) is 0 Å². The molecule has 0 spiro atoms. The number of aromatic nitrogens is 4. The summed E-state index contributed by atoms with van der Waals surface area (Å²) < 4.78 is 8.36. The topological polar surface area (TPSA) is 56.7 Å². The molecule has 0 aliphatic rings. The van der Waals surface area contributed by atoms with E-state index < -0.39 is 0 Å². The van der Waals surface area contributed by atoms with Crippen molar-refractivity contribution in [2.45, 2.75) is 13.8 Å². The van der Waals surface area contributed by atoms with Crippen molar-refractivity contribution in [1.82, 2.24) is 19.5 Å². The van der Waals surface area contributed by atoms with Crippen molar-refractivity contribution in [3.63, 3.8) is 0 Å². The third kappa shape index (κ3) is 7.61. The van der Waals surface area contributed by atoms with E-state index in [9.17, 15) is 0 Å². The summed E-state index contributed by atoms with van der Waals surface area (Å²) in [6.45, 7) is 4.17. The summed E-state index contributed by atoms with van der Waals surface area (Å²) in [5.41, 5.74) is 15.5. The average Bonchev–Trinajstić information content (AvgIpc) is 3.86. The minimum absolute atomic E-state index is 0. The average molecular weight is 913 g/mol. The van der Waals surface area contributed by atoms with Gasteiger partial charge in [-0.15, -0.1) is 35.9 Å². The maximum atomic E-state index is 6.06. The molecule has 10 rings (SSSR count). The van der Waals surface area contributed by atoms with Crippen LogP contribution in [-0.2, 0) is 20.1 Å². The molecule has 4 aromatic heterocycles.